The van der Waals surface area contributed by atoms with Crippen molar-refractivity contribution in [2.24, 2.45) is 5.41 Å². The zero-order valence-electron chi connectivity index (χ0n) is 12.8. The largest absolute Gasteiger partial charge is 0.326 e. The zero-order chi connectivity index (χ0) is 15.7. The molecule has 4 nitrogen and oxygen atoms in total. The van der Waals surface area contributed by atoms with E-state index in [2.05, 4.69) is 5.32 Å². The lowest BCUT2D eigenvalue weighted by atomic mass is 9.95. The maximum Gasteiger partial charge on any atom is 0.229 e. The van der Waals surface area contributed by atoms with Crippen LogP contribution in [0.25, 0.3) is 0 Å². The maximum atomic E-state index is 12.6. The summed E-state index contributed by atoms with van der Waals surface area (Å²) in [5.41, 5.74) is 0.0225. The molecule has 21 heavy (non-hydrogen) atoms. The summed E-state index contributed by atoms with van der Waals surface area (Å²) in [6, 6.07) is 6.58. The zero-order valence-corrected chi connectivity index (χ0v) is 13.7. The number of sulfone groups is 1. The topological polar surface area (TPSA) is 63.2 Å². The number of nitrogens with one attached hydrogen (secondary N) is 1. The van der Waals surface area contributed by atoms with E-state index in [-0.39, 0.29) is 11.2 Å². The smallest absolute Gasteiger partial charge is 0.229 e. The van der Waals surface area contributed by atoms with Crippen LogP contribution < -0.4 is 5.32 Å². The van der Waals surface area contributed by atoms with Crippen LogP contribution in [0, 0.1) is 5.41 Å². The van der Waals surface area contributed by atoms with E-state index >= 15 is 0 Å². The molecule has 0 aliphatic heterocycles. The summed E-state index contributed by atoms with van der Waals surface area (Å²) in [4.78, 5) is 12.3. The van der Waals surface area contributed by atoms with Gasteiger partial charge in [0.2, 0.25) is 5.91 Å². The first kappa shape index (κ1) is 16.0. The predicted molar refractivity (Wildman–Crippen MR) is 84.0 cm³/mol. The van der Waals surface area contributed by atoms with Gasteiger partial charge in [0.1, 0.15) is 0 Å². The monoisotopic (exact) mass is 309 g/mol. The molecule has 5 heteroatoms. The van der Waals surface area contributed by atoms with Crippen LogP contribution in [0.3, 0.4) is 0 Å². The highest BCUT2D eigenvalue weighted by Crippen LogP contribution is 2.30. The fourth-order valence-electron chi connectivity index (χ4n) is 2.46. The van der Waals surface area contributed by atoms with Crippen LogP contribution in [0.4, 0.5) is 5.69 Å². The normalized spacial score (nSPS) is 16.9. The Balaban J connectivity index is 2.24. The van der Waals surface area contributed by atoms with E-state index in [1.165, 1.54) is 0 Å². The van der Waals surface area contributed by atoms with Gasteiger partial charge in [0.15, 0.2) is 9.84 Å². The molecule has 0 unspecified atom stereocenters. The highest BCUT2D eigenvalue weighted by molar-refractivity contribution is 7.92. The van der Waals surface area contributed by atoms with Crippen LogP contribution in [-0.4, -0.2) is 19.6 Å². The van der Waals surface area contributed by atoms with Gasteiger partial charge in [0.25, 0.3) is 0 Å². The third-order valence-electron chi connectivity index (χ3n) is 3.84. The molecule has 1 aromatic carbocycles. The molecule has 0 bridgehead atoms. The van der Waals surface area contributed by atoms with Gasteiger partial charge in [-0.1, -0.05) is 39.7 Å². The van der Waals surface area contributed by atoms with Crippen LogP contribution in [0.2, 0.25) is 0 Å². The molecule has 116 valence electrons. The molecule has 1 aliphatic rings. The first-order chi connectivity index (χ1) is 9.71. The molecule has 1 fully saturated rings. The van der Waals surface area contributed by atoms with Gasteiger partial charge < -0.3 is 5.32 Å². The Morgan fingerprint density at radius 3 is 2.38 bits per heavy atom. The molecule has 0 saturated heterocycles. The SMILES string of the molecule is CC(C)(C)C(=O)Nc1cccc(S(=O)(=O)C2CCCC2)c1. The number of carbonyl (C=O) groups excluding carboxylic acids is 1. The van der Waals surface area contributed by atoms with Crippen LogP contribution in [0.1, 0.15) is 46.5 Å². The van der Waals surface area contributed by atoms with Gasteiger partial charge in [-0.3, -0.25) is 4.79 Å². The van der Waals surface area contributed by atoms with Crippen molar-refractivity contribution in [2.45, 2.75) is 56.6 Å². The highest BCUT2D eigenvalue weighted by Gasteiger charge is 2.30. The first-order valence-corrected chi connectivity index (χ1v) is 8.91. The van der Waals surface area contributed by atoms with E-state index < -0.39 is 15.3 Å². The van der Waals surface area contributed by atoms with E-state index in [1.807, 2.05) is 20.8 Å². The van der Waals surface area contributed by atoms with Crippen molar-refractivity contribution in [2.75, 3.05) is 5.32 Å². The van der Waals surface area contributed by atoms with E-state index in [0.717, 1.165) is 25.7 Å². The molecular formula is C16H23NO3S. The number of anilines is 1. The Bertz CT molecular complexity index is 623. The van der Waals surface area contributed by atoms with Gasteiger partial charge >= 0.3 is 0 Å². The lowest BCUT2D eigenvalue weighted by Crippen LogP contribution is -2.27. The van der Waals surface area contributed by atoms with E-state index in [4.69, 9.17) is 0 Å². The average Bonchev–Trinajstić information content (AvgIpc) is 2.92. The Labute approximate surface area is 126 Å². The standard InChI is InChI=1S/C16H23NO3S/c1-16(2,3)15(18)17-12-7-6-10-14(11-12)21(19,20)13-8-4-5-9-13/h6-7,10-11,13H,4-5,8-9H2,1-3H3,(H,17,18). The summed E-state index contributed by atoms with van der Waals surface area (Å²) in [5, 5.41) is 2.51. The average molecular weight is 309 g/mol. The summed E-state index contributed by atoms with van der Waals surface area (Å²) in [7, 11) is -3.28. The minimum absolute atomic E-state index is 0.127. The Morgan fingerprint density at radius 2 is 1.81 bits per heavy atom. The molecular weight excluding hydrogens is 286 g/mol. The second-order valence-corrected chi connectivity index (χ2v) is 8.91. The van der Waals surface area contributed by atoms with Gasteiger partial charge in [-0.05, 0) is 31.0 Å². The van der Waals surface area contributed by atoms with Crippen molar-refractivity contribution < 1.29 is 13.2 Å². The van der Waals surface area contributed by atoms with Crippen LogP contribution >= 0.6 is 0 Å². The summed E-state index contributed by atoms with van der Waals surface area (Å²) in [5.74, 6) is -0.127. The van der Waals surface area contributed by atoms with Crippen molar-refractivity contribution in [3.63, 3.8) is 0 Å². The Kier molecular flexibility index (Phi) is 4.42. The second-order valence-electron chi connectivity index (χ2n) is 6.68. The fraction of sp³-hybridized carbons (Fsp3) is 0.562. The van der Waals surface area contributed by atoms with Crippen molar-refractivity contribution in [3.05, 3.63) is 24.3 Å². The molecule has 1 N–H and O–H groups in total. The summed E-state index contributed by atoms with van der Waals surface area (Å²) >= 11 is 0. The fourth-order valence-corrected chi connectivity index (χ4v) is 4.36. The number of benzene rings is 1. The molecule has 0 atom stereocenters. The van der Waals surface area contributed by atoms with Crippen molar-refractivity contribution in [1.82, 2.24) is 0 Å². The number of carbonyl (C=O) groups is 1. The van der Waals surface area contributed by atoms with Crippen LogP contribution in [-0.2, 0) is 14.6 Å². The minimum atomic E-state index is -3.28. The quantitative estimate of drug-likeness (QED) is 0.931. The third kappa shape index (κ3) is 3.64. The van der Waals surface area contributed by atoms with Crippen LogP contribution in [0.5, 0.6) is 0 Å². The van der Waals surface area contributed by atoms with Gasteiger partial charge in [-0.25, -0.2) is 8.42 Å². The van der Waals surface area contributed by atoms with Gasteiger partial charge in [0.05, 0.1) is 10.1 Å². The summed E-state index contributed by atoms with van der Waals surface area (Å²) in [6.07, 6.45) is 3.43. The maximum absolute atomic E-state index is 12.6. The van der Waals surface area contributed by atoms with E-state index in [9.17, 15) is 13.2 Å². The number of rotatable bonds is 3. The van der Waals surface area contributed by atoms with Gasteiger partial charge in [-0.2, -0.15) is 0 Å². The summed E-state index contributed by atoms with van der Waals surface area (Å²) < 4.78 is 25.1. The summed E-state index contributed by atoms with van der Waals surface area (Å²) in [6.45, 7) is 5.46. The lowest BCUT2D eigenvalue weighted by Gasteiger charge is -2.18. The Hall–Kier alpha value is -1.36. The molecule has 0 aromatic heterocycles. The highest BCUT2D eigenvalue weighted by atomic mass is 32.2. The molecule has 1 aliphatic carbocycles. The molecule has 1 saturated carbocycles. The number of hydrogen-bond acceptors (Lipinski definition) is 3. The van der Waals surface area contributed by atoms with Crippen molar-refractivity contribution in [1.29, 1.82) is 0 Å². The molecule has 1 amide bonds. The number of amides is 1. The lowest BCUT2D eigenvalue weighted by molar-refractivity contribution is -0.123. The van der Waals surface area contributed by atoms with E-state index in [0.29, 0.717) is 10.6 Å². The first-order valence-electron chi connectivity index (χ1n) is 7.37. The Morgan fingerprint density at radius 1 is 1.19 bits per heavy atom. The second kappa shape index (κ2) is 5.79. The molecule has 1 aromatic rings. The predicted octanol–water partition coefficient (Wildman–Crippen LogP) is 3.39. The van der Waals surface area contributed by atoms with Crippen molar-refractivity contribution >= 4 is 21.4 Å². The van der Waals surface area contributed by atoms with Crippen LogP contribution in [0.15, 0.2) is 29.2 Å². The molecule has 0 heterocycles. The van der Waals surface area contributed by atoms with Gasteiger partial charge in [0, 0.05) is 11.1 Å². The number of hydrogen-bond donors (Lipinski definition) is 1. The molecule has 2 rings (SSSR count). The van der Waals surface area contributed by atoms with E-state index in [1.54, 1.807) is 24.3 Å². The van der Waals surface area contributed by atoms with Crippen molar-refractivity contribution in [3.8, 4) is 0 Å². The van der Waals surface area contributed by atoms with Gasteiger partial charge in [-0.15, -0.1) is 0 Å². The minimum Gasteiger partial charge on any atom is -0.326 e. The molecule has 0 spiro atoms. The molecule has 0 radical (unpaired) electrons. The third-order valence-corrected chi connectivity index (χ3v) is 6.10.